The van der Waals surface area contributed by atoms with E-state index in [0.717, 1.165) is 6.26 Å². The van der Waals surface area contributed by atoms with Crippen LogP contribution in [0.15, 0.2) is 41.3 Å². The van der Waals surface area contributed by atoms with Gasteiger partial charge in [0.2, 0.25) is 0 Å². The molecule has 0 bridgehead atoms. The lowest BCUT2D eigenvalue weighted by Crippen LogP contribution is -2.07. The standard InChI is InChI=1S/C16H16O5S/c1-10-13(16(17)18)8-9-14(22(3,19)20)15(10)11-4-6-12(21-2)7-5-11/h4-9H,1-3H3,(H,17,18). The van der Waals surface area contributed by atoms with E-state index in [1.54, 1.807) is 31.2 Å². The van der Waals surface area contributed by atoms with Crippen molar-refractivity contribution in [1.82, 2.24) is 0 Å². The van der Waals surface area contributed by atoms with Crippen molar-refractivity contribution < 1.29 is 23.1 Å². The van der Waals surface area contributed by atoms with Crippen molar-refractivity contribution in [3.05, 3.63) is 47.5 Å². The fourth-order valence-corrected chi connectivity index (χ4v) is 3.30. The summed E-state index contributed by atoms with van der Waals surface area (Å²) in [6.45, 7) is 1.61. The smallest absolute Gasteiger partial charge is 0.335 e. The third-order valence-electron chi connectivity index (χ3n) is 3.44. The maximum absolute atomic E-state index is 12.0. The van der Waals surface area contributed by atoms with Crippen LogP contribution < -0.4 is 4.74 Å². The first-order valence-corrected chi connectivity index (χ1v) is 8.36. The number of benzene rings is 2. The van der Waals surface area contributed by atoms with Crippen LogP contribution in [0.4, 0.5) is 0 Å². The van der Waals surface area contributed by atoms with Gasteiger partial charge in [-0.15, -0.1) is 0 Å². The van der Waals surface area contributed by atoms with Gasteiger partial charge < -0.3 is 9.84 Å². The first-order chi connectivity index (χ1) is 10.3. The van der Waals surface area contributed by atoms with Crippen molar-refractivity contribution in [3.8, 4) is 16.9 Å². The number of hydrogen-bond donors (Lipinski definition) is 1. The van der Waals surface area contributed by atoms with Crippen molar-refractivity contribution >= 4 is 15.8 Å². The SMILES string of the molecule is COc1ccc(-c2c(S(C)(=O)=O)ccc(C(=O)O)c2C)cc1. The van der Waals surface area contributed by atoms with Crippen LogP contribution in [-0.2, 0) is 9.84 Å². The molecular formula is C16H16O5S. The Morgan fingerprint density at radius 1 is 1.09 bits per heavy atom. The van der Waals surface area contributed by atoms with E-state index in [9.17, 15) is 18.3 Å². The van der Waals surface area contributed by atoms with E-state index in [-0.39, 0.29) is 10.5 Å². The van der Waals surface area contributed by atoms with Crippen LogP contribution in [-0.4, -0.2) is 32.9 Å². The summed E-state index contributed by atoms with van der Waals surface area (Å²) in [7, 11) is -1.95. The molecule has 0 amide bonds. The van der Waals surface area contributed by atoms with Gasteiger partial charge in [-0.25, -0.2) is 13.2 Å². The topological polar surface area (TPSA) is 80.7 Å². The van der Waals surface area contributed by atoms with Gasteiger partial charge in [0, 0.05) is 11.8 Å². The maximum atomic E-state index is 12.0. The minimum atomic E-state index is -3.49. The maximum Gasteiger partial charge on any atom is 0.335 e. The molecule has 0 heterocycles. The van der Waals surface area contributed by atoms with Crippen molar-refractivity contribution in [1.29, 1.82) is 0 Å². The number of aromatic carboxylic acids is 1. The molecule has 2 aromatic carbocycles. The molecule has 6 heteroatoms. The Morgan fingerprint density at radius 2 is 1.68 bits per heavy atom. The molecule has 0 fully saturated rings. The lowest BCUT2D eigenvalue weighted by molar-refractivity contribution is 0.0696. The highest BCUT2D eigenvalue weighted by Gasteiger charge is 2.21. The number of ether oxygens (including phenoxy) is 1. The highest BCUT2D eigenvalue weighted by atomic mass is 32.2. The van der Waals surface area contributed by atoms with Crippen LogP contribution in [0.3, 0.4) is 0 Å². The number of methoxy groups -OCH3 is 1. The molecule has 0 atom stereocenters. The fourth-order valence-electron chi connectivity index (χ4n) is 2.34. The summed E-state index contributed by atoms with van der Waals surface area (Å²) < 4.78 is 29.1. The summed E-state index contributed by atoms with van der Waals surface area (Å²) in [5.41, 5.74) is 1.53. The van der Waals surface area contributed by atoms with Crippen LogP contribution in [0, 0.1) is 6.92 Å². The largest absolute Gasteiger partial charge is 0.497 e. The molecule has 1 N–H and O–H groups in total. The van der Waals surface area contributed by atoms with Gasteiger partial charge in [-0.1, -0.05) is 12.1 Å². The van der Waals surface area contributed by atoms with Crippen LogP contribution in [0.2, 0.25) is 0 Å². The summed E-state index contributed by atoms with van der Waals surface area (Å²) in [6, 6.07) is 9.48. The van der Waals surface area contributed by atoms with E-state index >= 15 is 0 Å². The molecule has 0 saturated carbocycles. The fraction of sp³-hybridized carbons (Fsp3) is 0.188. The van der Waals surface area contributed by atoms with Crippen LogP contribution in [0.25, 0.3) is 11.1 Å². The van der Waals surface area contributed by atoms with E-state index in [2.05, 4.69) is 0 Å². The molecule has 0 aliphatic heterocycles. The molecule has 0 aliphatic carbocycles. The molecule has 0 aromatic heterocycles. The Hall–Kier alpha value is -2.34. The molecule has 0 unspecified atom stereocenters. The Bertz CT molecular complexity index is 820. The van der Waals surface area contributed by atoms with Gasteiger partial charge in [0.1, 0.15) is 5.75 Å². The second kappa shape index (κ2) is 5.81. The minimum absolute atomic E-state index is 0.0817. The predicted molar refractivity (Wildman–Crippen MR) is 83.2 cm³/mol. The Kier molecular flexibility index (Phi) is 4.23. The molecule has 116 valence electrons. The number of carbonyl (C=O) groups is 1. The summed E-state index contributed by atoms with van der Waals surface area (Å²) in [4.78, 5) is 11.4. The Morgan fingerprint density at radius 3 is 2.14 bits per heavy atom. The Labute approximate surface area is 129 Å². The average molecular weight is 320 g/mol. The van der Waals surface area contributed by atoms with Gasteiger partial charge in [-0.3, -0.25) is 0 Å². The monoisotopic (exact) mass is 320 g/mol. The molecule has 0 spiro atoms. The quantitative estimate of drug-likeness (QED) is 0.937. The summed E-state index contributed by atoms with van der Waals surface area (Å²) in [5, 5.41) is 9.24. The molecule has 2 rings (SSSR count). The van der Waals surface area contributed by atoms with Crippen LogP contribution in [0.5, 0.6) is 5.75 Å². The van der Waals surface area contributed by atoms with Crippen LogP contribution >= 0.6 is 0 Å². The highest BCUT2D eigenvalue weighted by Crippen LogP contribution is 2.33. The summed E-state index contributed by atoms with van der Waals surface area (Å²) in [5.74, 6) is -0.455. The molecule has 0 radical (unpaired) electrons. The number of hydrogen-bond acceptors (Lipinski definition) is 4. The van der Waals surface area contributed by atoms with Crippen molar-refractivity contribution in [2.24, 2.45) is 0 Å². The van der Waals surface area contributed by atoms with E-state index < -0.39 is 15.8 Å². The summed E-state index contributed by atoms with van der Waals surface area (Å²) >= 11 is 0. The first kappa shape index (κ1) is 16.0. The zero-order valence-electron chi connectivity index (χ0n) is 12.5. The lowest BCUT2D eigenvalue weighted by Gasteiger charge is -2.14. The second-order valence-electron chi connectivity index (χ2n) is 4.92. The van der Waals surface area contributed by atoms with E-state index in [1.807, 2.05) is 0 Å². The zero-order chi connectivity index (χ0) is 16.5. The number of carboxylic acid groups (broad SMARTS) is 1. The van der Waals surface area contributed by atoms with Gasteiger partial charge in [0.25, 0.3) is 0 Å². The normalized spacial score (nSPS) is 11.2. The van der Waals surface area contributed by atoms with Gasteiger partial charge in [-0.05, 0) is 42.3 Å². The minimum Gasteiger partial charge on any atom is -0.497 e. The predicted octanol–water partition coefficient (Wildman–Crippen LogP) is 2.77. The molecule has 0 saturated heterocycles. The number of sulfone groups is 1. The van der Waals surface area contributed by atoms with Crippen molar-refractivity contribution in [3.63, 3.8) is 0 Å². The molecule has 2 aromatic rings. The van der Waals surface area contributed by atoms with Crippen LogP contribution in [0.1, 0.15) is 15.9 Å². The summed E-state index contributed by atoms with van der Waals surface area (Å²) in [6.07, 6.45) is 1.11. The van der Waals surface area contributed by atoms with E-state index in [4.69, 9.17) is 4.74 Å². The van der Waals surface area contributed by atoms with Gasteiger partial charge in [0.15, 0.2) is 9.84 Å². The van der Waals surface area contributed by atoms with Crippen molar-refractivity contribution in [2.45, 2.75) is 11.8 Å². The van der Waals surface area contributed by atoms with Gasteiger partial charge >= 0.3 is 5.97 Å². The van der Waals surface area contributed by atoms with Crippen molar-refractivity contribution in [2.75, 3.05) is 13.4 Å². The number of rotatable bonds is 4. The lowest BCUT2D eigenvalue weighted by atomic mass is 9.96. The first-order valence-electron chi connectivity index (χ1n) is 6.47. The van der Waals surface area contributed by atoms with E-state index in [1.165, 1.54) is 19.2 Å². The third kappa shape index (κ3) is 2.96. The molecule has 0 aliphatic rings. The number of carboxylic acids is 1. The van der Waals surface area contributed by atoms with Gasteiger partial charge in [-0.2, -0.15) is 0 Å². The highest BCUT2D eigenvalue weighted by molar-refractivity contribution is 7.90. The van der Waals surface area contributed by atoms with Gasteiger partial charge in [0.05, 0.1) is 17.6 Å². The van der Waals surface area contributed by atoms with E-state index in [0.29, 0.717) is 22.4 Å². The average Bonchev–Trinajstić information content (AvgIpc) is 2.45. The molecule has 5 nitrogen and oxygen atoms in total. The zero-order valence-corrected chi connectivity index (χ0v) is 13.3. The molecular weight excluding hydrogens is 304 g/mol. The second-order valence-corrected chi connectivity index (χ2v) is 6.90. The third-order valence-corrected chi connectivity index (χ3v) is 4.57. The Balaban J connectivity index is 2.79. The molecule has 22 heavy (non-hydrogen) atoms.